The van der Waals surface area contributed by atoms with Gasteiger partial charge in [-0.25, -0.2) is 4.79 Å². The number of hydrogen-bond donors (Lipinski definition) is 0. The van der Waals surface area contributed by atoms with Gasteiger partial charge in [0.1, 0.15) is 12.7 Å². The lowest BCUT2D eigenvalue weighted by Gasteiger charge is -2.04. The first-order chi connectivity index (χ1) is 10.3. The van der Waals surface area contributed by atoms with E-state index in [0.717, 1.165) is 12.2 Å². The van der Waals surface area contributed by atoms with Gasteiger partial charge in [0.05, 0.1) is 6.61 Å². The number of rotatable bonds is 2. The van der Waals surface area contributed by atoms with Crippen molar-refractivity contribution in [1.82, 2.24) is 0 Å². The molecule has 0 spiro atoms. The van der Waals surface area contributed by atoms with Gasteiger partial charge in [-0.05, 0) is 11.1 Å². The zero-order valence-corrected chi connectivity index (χ0v) is 11.5. The van der Waals surface area contributed by atoms with E-state index in [9.17, 15) is 4.79 Å². The molecule has 0 amide bonds. The third-order valence-electron chi connectivity index (χ3n) is 3.27. The molecule has 21 heavy (non-hydrogen) atoms. The monoisotopic (exact) mass is 284 g/mol. The van der Waals surface area contributed by atoms with Gasteiger partial charge < -0.3 is 14.2 Å². The molecule has 2 aliphatic rings. The van der Waals surface area contributed by atoms with Crippen LogP contribution in [0.25, 0.3) is 0 Å². The van der Waals surface area contributed by atoms with E-state index in [-0.39, 0.29) is 6.10 Å². The smallest absolute Gasteiger partial charge is 0.430 e. The average Bonchev–Trinajstić information content (AvgIpc) is 3.31. The summed E-state index contributed by atoms with van der Waals surface area (Å²) in [6, 6.07) is 19.8. The first-order valence-electron chi connectivity index (χ1n) is 6.88. The molecular weight excluding hydrogens is 268 g/mol. The number of benzene rings is 2. The van der Waals surface area contributed by atoms with Crippen LogP contribution in [0, 0.1) is 0 Å². The molecule has 2 aromatic carbocycles. The largest absolute Gasteiger partial charge is 0.509 e. The Balaban J connectivity index is 0.000000131. The second-order valence-electron chi connectivity index (χ2n) is 4.81. The van der Waals surface area contributed by atoms with Crippen molar-refractivity contribution in [3.63, 3.8) is 0 Å². The average molecular weight is 284 g/mol. The molecule has 4 heteroatoms. The maximum Gasteiger partial charge on any atom is 0.509 e. The number of hydrogen-bond acceptors (Lipinski definition) is 4. The molecule has 2 heterocycles. The van der Waals surface area contributed by atoms with Crippen molar-refractivity contribution in [1.29, 1.82) is 0 Å². The van der Waals surface area contributed by atoms with E-state index in [4.69, 9.17) is 9.47 Å². The van der Waals surface area contributed by atoms with Crippen molar-refractivity contribution >= 4 is 6.16 Å². The number of cyclic esters (lactones) is 2. The van der Waals surface area contributed by atoms with E-state index in [2.05, 4.69) is 16.9 Å². The predicted molar refractivity (Wildman–Crippen MR) is 76.8 cm³/mol. The van der Waals surface area contributed by atoms with Gasteiger partial charge in [-0.2, -0.15) is 0 Å². The summed E-state index contributed by atoms with van der Waals surface area (Å²) in [4.78, 5) is 10.6. The minimum absolute atomic E-state index is 0.223. The van der Waals surface area contributed by atoms with Gasteiger partial charge in [0.25, 0.3) is 0 Å². The Hall–Kier alpha value is -2.33. The highest BCUT2D eigenvalue weighted by atomic mass is 16.8. The lowest BCUT2D eigenvalue weighted by atomic mass is 10.1. The van der Waals surface area contributed by atoms with Crippen LogP contribution in [-0.4, -0.2) is 19.4 Å². The van der Waals surface area contributed by atoms with E-state index < -0.39 is 6.16 Å². The summed E-state index contributed by atoms with van der Waals surface area (Å²) in [6.07, 6.45) is -0.395. The molecule has 2 aromatic rings. The molecule has 108 valence electrons. The van der Waals surface area contributed by atoms with Gasteiger partial charge >= 0.3 is 6.16 Å². The maximum atomic E-state index is 10.6. The van der Waals surface area contributed by atoms with Gasteiger partial charge in [-0.1, -0.05) is 60.7 Å². The molecule has 2 aliphatic heterocycles. The maximum absolute atomic E-state index is 10.6. The van der Waals surface area contributed by atoms with E-state index in [1.54, 1.807) is 0 Å². The Morgan fingerprint density at radius 3 is 1.71 bits per heavy atom. The zero-order valence-electron chi connectivity index (χ0n) is 11.5. The summed E-state index contributed by atoms with van der Waals surface area (Å²) in [5, 5.41) is 0. The van der Waals surface area contributed by atoms with Crippen molar-refractivity contribution in [3.8, 4) is 0 Å². The highest BCUT2D eigenvalue weighted by molar-refractivity contribution is 5.62. The first kappa shape index (κ1) is 13.6. The fraction of sp³-hybridized carbons (Fsp3) is 0.235. The normalized spacial score (nSPS) is 22.6. The van der Waals surface area contributed by atoms with Crippen LogP contribution >= 0.6 is 0 Å². The van der Waals surface area contributed by atoms with Gasteiger partial charge in [0.2, 0.25) is 0 Å². The van der Waals surface area contributed by atoms with Gasteiger partial charge in [-0.3, -0.25) is 0 Å². The highest BCUT2D eigenvalue weighted by Gasteiger charge is 2.26. The van der Waals surface area contributed by atoms with Gasteiger partial charge in [0.15, 0.2) is 6.10 Å². The molecule has 0 aromatic heterocycles. The van der Waals surface area contributed by atoms with Crippen LogP contribution < -0.4 is 0 Å². The standard InChI is InChI=1S/C9H8O3.C8H8O/c10-9-11-6-8(12-9)7-4-2-1-3-5-7;1-2-4-7(5-3-1)8-6-9-8/h1-5,8H,6H2;1-5,8H,6H2. The van der Waals surface area contributed by atoms with Crippen molar-refractivity contribution in [2.75, 3.05) is 13.2 Å². The second-order valence-corrected chi connectivity index (χ2v) is 4.81. The van der Waals surface area contributed by atoms with Crippen molar-refractivity contribution in [3.05, 3.63) is 71.8 Å². The summed E-state index contributed by atoms with van der Waals surface area (Å²) in [5.74, 6) is 0. The molecule has 2 atom stereocenters. The van der Waals surface area contributed by atoms with Crippen LogP contribution in [0.5, 0.6) is 0 Å². The summed E-state index contributed by atoms with van der Waals surface area (Å²) in [7, 11) is 0. The Morgan fingerprint density at radius 2 is 1.29 bits per heavy atom. The van der Waals surface area contributed by atoms with Crippen molar-refractivity contribution in [2.45, 2.75) is 12.2 Å². The molecule has 0 aliphatic carbocycles. The van der Waals surface area contributed by atoms with E-state index in [1.807, 2.05) is 48.5 Å². The first-order valence-corrected chi connectivity index (χ1v) is 6.88. The van der Waals surface area contributed by atoms with Crippen LogP contribution in [0.2, 0.25) is 0 Å². The quantitative estimate of drug-likeness (QED) is 0.624. The minimum atomic E-state index is -0.580. The molecule has 4 nitrogen and oxygen atoms in total. The molecule has 2 saturated heterocycles. The van der Waals surface area contributed by atoms with Crippen LogP contribution in [0.4, 0.5) is 4.79 Å². The SMILES string of the molecule is O=C1OCC(c2ccccc2)O1.c1ccc(C2CO2)cc1. The van der Waals surface area contributed by atoms with Crippen molar-refractivity contribution < 1.29 is 19.0 Å². The second kappa shape index (κ2) is 6.41. The fourth-order valence-corrected chi connectivity index (χ4v) is 2.07. The van der Waals surface area contributed by atoms with Crippen LogP contribution in [0.1, 0.15) is 23.3 Å². The third-order valence-corrected chi connectivity index (χ3v) is 3.27. The fourth-order valence-electron chi connectivity index (χ4n) is 2.07. The lowest BCUT2D eigenvalue weighted by Crippen LogP contribution is -1.99. The predicted octanol–water partition coefficient (Wildman–Crippen LogP) is 3.65. The number of carbonyl (C=O) groups is 1. The molecule has 4 rings (SSSR count). The summed E-state index contributed by atoms with van der Waals surface area (Å²) in [6.45, 7) is 1.23. The summed E-state index contributed by atoms with van der Waals surface area (Å²) in [5.41, 5.74) is 2.28. The minimum Gasteiger partial charge on any atom is -0.430 e. The van der Waals surface area contributed by atoms with Crippen LogP contribution in [-0.2, 0) is 14.2 Å². The zero-order chi connectivity index (χ0) is 14.5. The Labute approximate surface area is 123 Å². The van der Waals surface area contributed by atoms with E-state index in [1.165, 1.54) is 5.56 Å². The lowest BCUT2D eigenvalue weighted by molar-refractivity contribution is 0.118. The Kier molecular flexibility index (Phi) is 4.17. The third kappa shape index (κ3) is 3.83. The van der Waals surface area contributed by atoms with Crippen LogP contribution in [0.15, 0.2) is 60.7 Å². The molecule has 2 unspecified atom stereocenters. The van der Waals surface area contributed by atoms with Gasteiger partial charge in [0, 0.05) is 0 Å². The summed E-state index contributed by atoms with van der Waals surface area (Å²) >= 11 is 0. The highest BCUT2D eigenvalue weighted by Crippen LogP contribution is 2.28. The molecular formula is C17H16O4. The molecule has 0 N–H and O–H groups in total. The Bertz CT molecular complexity index is 578. The van der Waals surface area contributed by atoms with E-state index in [0.29, 0.717) is 12.7 Å². The number of ether oxygens (including phenoxy) is 3. The molecule has 0 bridgehead atoms. The summed E-state index contributed by atoms with van der Waals surface area (Å²) < 4.78 is 14.6. The molecule has 0 saturated carbocycles. The van der Waals surface area contributed by atoms with Gasteiger partial charge in [-0.15, -0.1) is 0 Å². The molecule has 2 fully saturated rings. The van der Waals surface area contributed by atoms with Crippen molar-refractivity contribution in [2.24, 2.45) is 0 Å². The topological polar surface area (TPSA) is 48.1 Å². The molecule has 0 radical (unpaired) electrons. The number of epoxide rings is 1. The Morgan fingerprint density at radius 1 is 0.762 bits per heavy atom. The number of carbonyl (C=O) groups excluding carboxylic acids is 1. The van der Waals surface area contributed by atoms with Crippen LogP contribution in [0.3, 0.4) is 0 Å². The van der Waals surface area contributed by atoms with E-state index >= 15 is 0 Å².